The number of amides is 1. The molecule has 0 aliphatic rings. The SMILES string of the molecule is CCCCOc1ccc(-c2cc(C(=O)Nc3ccc(OCC)cc3[N+](=O)[O-])no2)cc1. The van der Waals surface area contributed by atoms with Crippen LogP contribution in [0.3, 0.4) is 0 Å². The minimum absolute atomic E-state index is 0.00135. The Morgan fingerprint density at radius 2 is 1.84 bits per heavy atom. The molecule has 1 aromatic heterocycles. The Morgan fingerprint density at radius 3 is 2.52 bits per heavy atom. The van der Waals surface area contributed by atoms with Crippen molar-refractivity contribution < 1.29 is 23.7 Å². The average Bonchev–Trinajstić information content (AvgIpc) is 3.26. The summed E-state index contributed by atoms with van der Waals surface area (Å²) in [5, 5.41) is 17.6. The van der Waals surface area contributed by atoms with E-state index in [1.54, 1.807) is 25.1 Å². The van der Waals surface area contributed by atoms with Crippen molar-refractivity contribution in [3.05, 3.63) is 64.3 Å². The lowest BCUT2D eigenvalue weighted by Gasteiger charge is -2.07. The van der Waals surface area contributed by atoms with Crippen LogP contribution in [0.25, 0.3) is 11.3 Å². The molecule has 2 aromatic carbocycles. The number of hydrogen-bond donors (Lipinski definition) is 1. The smallest absolute Gasteiger partial charge is 0.296 e. The fourth-order valence-electron chi connectivity index (χ4n) is 2.78. The van der Waals surface area contributed by atoms with E-state index in [1.165, 1.54) is 18.2 Å². The van der Waals surface area contributed by atoms with Gasteiger partial charge in [-0.3, -0.25) is 14.9 Å². The molecule has 9 heteroatoms. The van der Waals surface area contributed by atoms with E-state index in [4.69, 9.17) is 14.0 Å². The van der Waals surface area contributed by atoms with Gasteiger partial charge in [0.05, 0.1) is 24.2 Å². The third kappa shape index (κ3) is 5.59. The summed E-state index contributed by atoms with van der Waals surface area (Å²) in [7, 11) is 0. The summed E-state index contributed by atoms with van der Waals surface area (Å²) in [6.07, 6.45) is 2.04. The Kier molecular flexibility index (Phi) is 7.21. The van der Waals surface area contributed by atoms with Crippen molar-refractivity contribution in [3.63, 3.8) is 0 Å². The number of unbranched alkanes of at least 4 members (excludes halogenated alkanes) is 1. The zero-order valence-corrected chi connectivity index (χ0v) is 17.3. The molecule has 31 heavy (non-hydrogen) atoms. The molecule has 0 radical (unpaired) electrons. The second-order valence-electron chi connectivity index (χ2n) is 6.63. The molecule has 0 atom stereocenters. The van der Waals surface area contributed by atoms with Gasteiger partial charge in [0.25, 0.3) is 11.6 Å². The number of nitro groups is 1. The molecule has 162 valence electrons. The summed E-state index contributed by atoms with van der Waals surface area (Å²) in [4.78, 5) is 23.3. The minimum Gasteiger partial charge on any atom is -0.494 e. The van der Waals surface area contributed by atoms with Gasteiger partial charge >= 0.3 is 0 Å². The lowest BCUT2D eigenvalue weighted by Crippen LogP contribution is -2.13. The molecule has 1 heterocycles. The average molecular weight is 425 g/mol. The first-order valence-corrected chi connectivity index (χ1v) is 9.94. The number of carbonyl (C=O) groups excluding carboxylic acids is 1. The lowest BCUT2D eigenvalue weighted by molar-refractivity contribution is -0.384. The zero-order chi connectivity index (χ0) is 22.2. The third-order valence-corrected chi connectivity index (χ3v) is 4.37. The molecule has 3 aromatic rings. The zero-order valence-electron chi connectivity index (χ0n) is 17.3. The van der Waals surface area contributed by atoms with Crippen LogP contribution in [0.15, 0.2) is 53.1 Å². The molecule has 0 saturated heterocycles. The van der Waals surface area contributed by atoms with E-state index < -0.39 is 10.8 Å². The molecule has 1 amide bonds. The van der Waals surface area contributed by atoms with Gasteiger partial charge in [-0.05, 0) is 49.7 Å². The van der Waals surface area contributed by atoms with Gasteiger partial charge in [-0.1, -0.05) is 18.5 Å². The molecular formula is C22H23N3O6. The predicted molar refractivity (Wildman–Crippen MR) is 115 cm³/mol. The van der Waals surface area contributed by atoms with E-state index in [0.29, 0.717) is 24.7 Å². The molecule has 0 unspecified atom stereocenters. The van der Waals surface area contributed by atoms with Crippen LogP contribution in [0.5, 0.6) is 11.5 Å². The maximum Gasteiger partial charge on any atom is 0.296 e. The number of rotatable bonds is 10. The first kappa shape index (κ1) is 21.8. The van der Waals surface area contributed by atoms with E-state index in [2.05, 4.69) is 17.4 Å². The number of hydrogen-bond acceptors (Lipinski definition) is 7. The maximum atomic E-state index is 12.5. The van der Waals surface area contributed by atoms with Gasteiger partial charge in [-0.2, -0.15) is 0 Å². The minimum atomic E-state index is -0.623. The fraction of sp³-hybridized carbons (Fsp3) is 0.273. The second-order valence-corrected chi connectivity index (χ2v) is 6.63. The van der Waals surface area contributed by atoms with Crippen LogP contribution in [0.2, 0.25) is 0 Å². The van der Waals surface area contributed by atoms with Gasteiger partial charge in [-0.15, -0.1) is 0 Å². The van der Waals surface area contributed by atoms with Gasteiger partial charge < -0.3 is 19.3 Å². The highest BCUT2D eigenvalue weighted by Gasteiger charge is 2.20. The van der Waals surface area contributed by atoms with Crippen molar-refractivity contribution in [2.24, 2.45) is 0 Å². The molecule has 0 bridgehead atoms. The molecule has 3 rings (SSSR count). The Balaban J connectivity index is 1.71. The summed E-state index contributed by atoms with van der Waals surface area (Å²) >= 11 is 0. The first-order valence-electron chi connectivity index (χ1n) is 9.94. The Bertz CT molecular complexity index is 1050. The largest absolute Gasteiger partial charge is 0.494 e. The van der Waals surface area contributed by atoms with Gasteiger partial charge in [0.2, 0.25) is 0 Å². The number of nitrogens with one attached hydrogen (secondary N) is 1. The summed E-state index contributed by atoms with van der Waals surface area (Å²) in [6.45, 7) is 4.89. The van der Waals surface area contributed by atoms with Crippen molar-refractivity contribution in [1.82, 2.24) is 5.16 Å². The highest BCUT2D eigenvalue weighted by molar-refractivity contribution is 6.04. The van der Waals surface area contributed by atoms with Crippen LogP contribution in [-0.4, -0.2) is 29.2 Å². The Labute approximate surface area is 179 Å². The molecular weight excluding hydrogens is 402 g/mol. The standard InChI is InChI=1S/C22H23N3O6/c1-3-5-12-30-16-8-6-15(7-9-16)21-14-19(24-31-21)22(26)23-18-11-10-17(29-4-2)13-20(18)25(27)28/h6-11,13-14H,3-5,12H2,1-2H3,(H,23,26). The summed E-state index contributed by atoms with van der Waals surface area (Å²) < 4.78 is 16.2. The van der Waals surface area contributed by atoms with Gasteiger partial charge in [-0.25, -0.2) is 0 Å². The van der Waals surface area contributed by atoms with Crippen LogP contribution < -0.4 is 14.8 Å². The van der Waals surface area contributed by atoms with Crippen molar-refractivity contribution in [2.75, 3.05) is 18.5 Å². The number of aromatic nitrogens is 1. The monoisotopic (exact) mass is 425 g/mol. The van der Waals surface area contributed by atoms with Crippen molar-refractivity contribution in [3.8, 4) is 22.8 Å². The van der Waals surface area contributed by atoms with Crippen molar-refractivity contribution >= 4 is 17.3 Å². The topological polar surface area (TPSA) is 117 Å². The van der Waals surface area contributed by atoms with Crippen LogP contribution in [0.1, 0.15) is 37.2 Å². The Morgan fingerprint density at radius 1 is 1.10 bits per heavy atom. The predicted octanol–water partition coefficient (Wildman–Crippen LogP) is 5.08. The summed E-state index contributed by atoms with van der Waals surface area (Å²) in [6, 6.07) is 12.9. The van der Waals surface area contributed by atoms with Gasteiger partial charge in [0.15, 0.2) is 11.5 Å². The summed E-state index contributed by atoms with van der Waals surface area (Å²) in [5.74, 6) is 0.865. The fourth-order valence-corrected chi connectivity index (χ4v) is 2.78. The van der Waals surface area contributed by atoms with E-state index in [9.17, 15) is 14.9 Å². The summed E-state index contributed by atoms with van der Waals surface area (Å²) in [5.41, 5.74) is 0.487. The van der Waals surface area contributed by atoms with Gasteiger partial charge in [0, 0.05) is 11.6 Å². The number of nitro benzene ring substituents is 1. The lowest BCUT2D eigenvalue weighted by atomic mass is 10.1. The maximum absolute atomic E-state index is 12.5. The number of anilines is 1. The molecule has 0 spiro atoms. The van der Waals surface area contributed by atoms with E-state index >= 15 is 0 Å². The number of ether oxygens (including phenoxy) is 2. The highest BCUT2D eigenvalue weighted by atomic mass is 16.6. The number of carbonyl (C=O) groups is 1. The van der Waals surface area contributed by atoms with Crippen LogP contribution in [0.4, 0.5) is 11.4 Å². The van der Waals surface area contributed by atoms with Crippen molar-refractivity contribution in [1.29, 1.82) is 0 Å². The molecule has 1 N–H and O–H groups in total. The normalized spacial score (nSPS) is 10.5. The number of nitrogens with zero attached hydrogens (tertiary/aromatic N) is 2. The highest BCUT2D eigenvalue weighted by Crippen LogP contribution is 2.30. The van der Waals surface area contributed by atoms with Crippen LogP contribution >= 0.6 is 0 Å². The molecule has 9 nitrogen and oxygen atoms in total. The first-order chi connectivity index (χ1) is 15.0. The van der Waals surface area contributed by atoms with Gasteiger partial charge in [0.1, 0.15) is 17.2 Å². The van der Waals surface area contributed by atoms with E-state index in [0.717, 1.165) is 24.2 Å². The second kappa shape index (κ2) is 10.2. The number of benzene rings is 2. The van der Waals surface area contributed by atoms with Crippen LogP contribution in [0, 0.1) is 10.1 Å². The van der Waals surface area contributed by atoms with E-state index in [-0.39, 0.29) is 17.1 Å². The molecule has 0 aliphatic heterocycles. The van der Waals surface area contributed by atoms with E-state index in [1.807, 2.05) is 12.1 Å². The van der Waals surface area contributed by atoms with Crippen LogP contribution in [-0.2, 0) is 0 Å². The molecule has 0 fully saturated rings. The molecule has 0 aliphatic carbocycles. The quantitative estimate of drug-likeness (QED) is 0.273. The Hall–Kier alpha value is -3.88. The molecule has 0 saturated carbocycles. The van der Waals surface area contributed by atoms with Crippen molar-refractivity contribution in [2.45, 2.75) is 26.7 Å². The third-order valence-electron chi connectivity index (χ3n) is 4.37.